The minimum atomic E-state index is 1.29. The number of rotatable bonds is 1. The first-order chi connectivity index (χ1) is 5.31. The molecule has 0 N–H and O–H groups in total. The van der Waals surface area contributed by atoms with E-state index >= 15 is 0 Å². The quantitative estimate of drug-likeness (QED) is 0.533. The van der Waals surface area contributed by atoms with E-state index in [9.17, 15) is 0 Å². The van der Waals surface area contributed by atoms with Crippen molar-refractivity contribution in [3.63, 3.8) is 0 Å². The number of hydrogen-bond donors (Lipinski definition) is 0. The van der Waals surface area contributed by atoms with E-state index in [-0.39, 0.29) is 0 Å². The van der Waals surface area contributed by atoms with Crippen LogP contribution in [-0.4, -0.2) is 4.43 Å². The molecular formula is C10H15I. The Kier molecular flexibility index (Phi) is 8.01. The monoisotopic (exact) mass is 262 g/mol. The van der Waals surface area contributed by atoms with Gasteiger partial charge in [0, 0.05) is 0 Å². The van der Waals surface area contributed by atoms with Crippen LogP contribution in [-0.2, 0) is 0 Å². The van der Waals surface area contributed by atoms with Gasteiger partial charge in [-0.25, -0.2) is 0 Å². The third-order valence-electron chi connectivity index (χ3n) is 1.13. The number of hydrogen-bond acceptors (Lipinski definition) is 0. The molecule has 0 amide bonds. The second-order valence-corrected chi connectivity index (χ2v) is 3.42. The van der Waals surface area contributed by atoms with Crippen LogP contribution >= 0.6 is 22.6 Å². The summed E-state index contributed by atoms with van der Waals surface area (Å²) >= 11 is 2.35. The molecule has 0 atom stereocenters. The summed E-state index contributed by atoms with van der Waals surface area (Å²) in [7, 11) is 0. The van der Waals surface area contributed by atoms with Gasteiger partial charge in [0.2, 0.25) is 0 Å². The van der Waals surface area contributed by atoms with Gasteiger partial charge < -0.3 is 0 Å². The van der Waals surface area contributed by atoms with Crippen molar-refractivity contribution in [1.82, 2.24) is 0 Å². The smallest absolute Gasteiger partial charge is 0.000735 e. The molecule has 0 aromatic heterocycles. The Hall–Kier alpha value is -0.0500. The second kappa shape index (κ2) is 8.05. The third kappa shape index (κ3) is 7.85. The van der Waals surface area contributed by atoms with E-state index in [0.717, 1.165) is 0 Å². The Balaban J connectivity index is 0.000000218. The highest BCUT2D eigenvalue weighted by Gasteiger charge is 1.72. The molecule has 0 heterocycles. The van der Waals surface area contributed by atoms with Crippen molar-refractivity contribution >= 4 is 22.6 Å². The van der Waals surface area contributed by atoms with Gasteiger partial charge in [0.15, 0.2) is 0 Å². The summed E-state index contributed by atoms with van der Waals surface area (Å²) in [5.74, 6) is 0. The summed E-state index contributed by atoms with van der Waals surface area (Å²) in [6.07, 6.45) is 1.31. The molecule has 0 nitrogen and oxygen atoms in total. The van der Waals surface area contributed by atoms with Crippen LogP contribution in [0.3, 0.4) is 0 Å². The Labute approximate surface area is 83.2 Å². The van der Waals surface area contributed by atoms with Crippen LogP contribution in [0, 0.1) is 6.92 Å². The maximum atomic E-state index is 2.35. The zero-order valence-electron chi connectivity index (χ0n) is 7.18. The average Bonchev–Trinajstić information content (AvgIpc) is 2.07. The van der Waals surface area contributed by atoms with Crippen LogP contribution in [0.1, 0.15) is 18.9 Å². The fourth-order valence-electron chi connectivity index (χ4n) is 0.534. The van der Waals surface area contributed by atoms with Crippen molar-refractivity contribution in [2.24, 2.45) is 0 Å². The molecule has 0 spiro atoms. The van der Waals surface area contributed by atoms with Gasteiger partial charge >= 0.3 is 0 Å². The van der Waals surface area contributed by atoms with Gasteiger partial charge in [-0.3, -0.25) is 0 Å². The largest absolute Gasteiger partial charge is 0.0864 e. The molecule has 0 saturated heterocycles. The molecule has 0 aliphatic carbocycles. The van der Waals surface area contributed by atoms with Crippen LogP contribution in [0.2, 0.25) is 0 Å². The average molecular weight is 262 g/mol. The molecule has 0 unspecified atom stereocenters. The fraction of sp³-hybridized carbons (Fsp3) is 0.400. The maximum Gasteiger partial charge on any atom is -0.000735 e. The standard InChI is InChI=1S/C7H8.C3H7I/c1-7-5-3-2-4-6-7;1-2-3-4/h2-6H,1H3;2-3H2,1H3. The van der Waals surface area contributed by atoms with E-state index < -0.39 is 0 Å². The van der Waals surface area contributed by atoms with E-state index in [2.05, 4.69) is 48.6 Å². The van der Waals surface area contributed by atoms with E-state index in [1.165, 1.54) is 16.4 Å². The van der Waals surface area contributed by atoms with Crippen molar-refractivity contribution in [2.75, 3.05) is 4.43 Å². The van der Waals surface area contributed by atoms with Crippen molar-refractivity contribution in [2.45, 2.75) is 20.3 Å². The lowest BCUT2D eigenvalue weighted by Gasteiger charge is -1.82. The molecule has 1 heteroatoms. The van der Waals surface area contributed by atoms with Crippen molar-refractivity contribution in [3.05, 3.63) is 35.9 Å². The SMILES string of the molecule is CCCI.Cc1ccccc1. The van der Waals surface area contributed by atoms with Gasteiger partial charge in [0.05, 0.1) is 0 Å². The first kappa shape index (κ1) is 11.0. The van der Waals surface area contributed by atoms with Gasteiger partial charge in [0.1, 0.15) is 0 Å². The predicted molar refractivity (Wildman–Crippen MR) is 60.4 cm³/mol. The molecule has 11 heavy (non-hydrogen) atoms. The lowest BCUT2D eigenvalue weighted by Crippen LogP contribution is -1.62. The Bertz CT molecular complexity index is 156. The van der Waals surface area contributed by atoms with E-state index in [0.29, 0.717) is 0 Å². The van der Waals surface area contributed by atoms with Gasteiger partial charge in [0.25, 0.3) is 0 Å². The molecule has 0 bridgehead atoms. The minimum absolute atomic E-state index is 1.29. The molecule has 0 fully saturated rings. The van der Waals surface area contributed by atoms with E-state index in [1.54, 1.807) is 0 Å². The summed E-state index contributed by atoms with van der Waals surface area (Å²) in [5, 5.41) is 0. The molecule has 62 valence electrons. The van der Waals surface area contributed by atoms with E-state index in [1.807, 2.05) is 18.2 Å². The first-order valence-electron chi connectivity index (χ1n) is 3.89. The van der Waals surface area contributed by atoms with Crippen molar-refractivity contribution < 1.29 is 0 Å². The highest BCUT2D eigenvalue weighted by molar-refractivity contribution is 14.1. The molecular weight excluding hydrogens is 247 g/mol. The zero-order valence-corrected chi connectivity index (χ0v) is 9.34. The van der Waals surface area contributed by atoms with Crippen molar-refractivity contribution in [1.29, 1.82) is 0 Å². The Morgan fingerprint density at radius 3 is 1.82 bits per heavy atom. The molecule has 1 aromatic carbocycles. The summed E-state index contributed by atoms with van der Waals surface area (Å²) in [4.78, 5) is 0. The lowest BCUT2D eigenvalue weighted by molar-refractivity contribution is 1.13. The Morgan fingerprint density at radius 2 is 1.64 bits per heavy atom. The van der Waals surface area contributed by atoms with Gasteiger partial charge in [-0.05, 0) is 17.8 Å². The highest BCUT2D eigenvalue weighted by atomic mass is 127. The van der Waals surface area contributed by atoms with Crippen LogP contribution in [0.5, 0.6) is 0 Å². The molecule has 0 aliphatic rings. The van der Waals surface area contributed by atoms with Crippen LogP contribution in [0.4, 0.5) is 0 Å². The number of aryl methyl sites for hydroxylation is 1. The number of halogens is 1. The van der Waals surface area contributed by atoms with Crippen LogP contribution in [0.15, 0.2) is 30.3 Å². The Morgan fingerprint density at radius 1 is 1.18 bits per heavy atom. The van der Waals surface area contributed by atoms with Gasteiger partial charge in [-0.15, -0.1) is 0 Å². The molecule has 0 saturated carbocycles. The number of benzene rings is 1. The lowest BCUT2D eigenvalue weighted by atomic mass is 10.2. The molecule has 1 rings (SSSR count). The van der Waals surface area contributed by atoms with E-state index in [4.69, 9.17) is 0 Å². The third-order valence-corrected chi connectivity index (χ3v) is 2.21. The summed E-state index contributed by atoms with van der Waals surface area (Å²) in [6.45, 7) is 4.26. The second-order valence-electron chi connectivity index (χ2n) is 2.34. The van der Waals surface area contributed by atoms with Gasteiger partial charge in [-0.1, -0.05) is 65.4 Å². The number of alkyl halides is 1. The zero-order chi connectivity index (χ0) is 8.53. The van der Waals surface area contributed by atoms with Crippen LogP contribution in [0.25, 0.3) is 0 Å². The maximum absolute atomic E-state index is 2.35. The van der Waals surface area contributed by atoms with Gasteiger partial charge in [-0.2, -0.15) is 0 Å². The summed E-state index contributed by atoms with van der Waals surface area (Å²) < 4.78 is 1.29. The molecule has 0 aliphatic heterocycles. The first-order valence-corrected chi connectivity index (χ1v) is 5.41. The molecule has 0 radical (unpaired) electrons. The topological polar surface area (TPSA) is 0 Å². The predicted octanol–water partition coefficient (Wildman–Crippen LogP) is 3.83. The van der Waals surface area contributed by atoms with Crippen LogP contribution < -0.4 is 0 Å². The van der Waals surface area contributed by atoms with Crippen molar-refractivity contribution in [3.8, 4) is 0 Å². The normalized spacial score (nSPS) is 8.27. The fourth-order valence-corrected chi connectivity index (χ4v) is 0.534. The highest BCUT2D eigenvalue weighted by Crippen LogP contribution is 1.92. The minimum Gasteiger partial charge on any atom is -0.0864 e. The molecule has 1 aromatic rings. The summed E-state index contributed by atoms with van der Waals surface area (Å²) in [5.41, 5.74) is 1.32. The summed E-state index contributed by atoms with van der Waals surface area (Å²) in [6, 6.07) is 10.3.